The van der Waals surface area contributed by atoms with E-state index < -0.39 is 0 Å². The number of nitrogens with two attached hydrogens (primary N) is 1. The Morgan fingerprint density at radius 3 is 2.95 bits per heavy atom. The molecule has 1 aliphatic rings. The number of H-pyrrole nitrogens is 1. The molecule has 3 rings (SSSR count). The van der Waals surface area contributed by atoms with Crippen LogP contribution >= 0.6 is 0 Å². The van der Waals surface area contributed by atoms with Crippen LogP contribution in [0.5, 0.6) is 0 Å². The van der Waals surface area contributed by atoms with Crippen LogP contribution in [0.3, 0.4) is 0 Å². The molecule has 2 aromatic heterocycles. The van der Waals surface area contributed by atoms with Crippen LogP contribution in [0.15, 0.2) is 16.8 Å². The maximum absolute atomic E-state index is 6.14. The number of nitrogens with one attached hydrogen (secondary N) is 1. The number of rotatable bonds is 4. The topological polar surface area (TPSA) is 96.9 Å². The molecule has 0 aliphatic carbocycles. The van der Waals surface area contributed by atoms with Gasteiger partial charge in [0.2, 0.25) is 0 Å². The predicted molar refractivity (Wildman–Crippen MR) is 69.1 cm³/mol. The number of piperidine rings is 1. The molecule has 102 valence electrons. The van der Waals surface area contributed by atoms with Crippen molar-refractivity contribution in [2.75, 3.05) is 19.6 Å². The molecule has 0 amide bonds. The van der Waals surface area contributed by atoms with Crippen LogP contribution in [-0.4, -0.2) is 44.9 Å². The van der Waals surface area contributed by atoms with Gasteiger partial charge in [-0.15, -0.1) is 0 Å². The number of likely N-dealkylation sites (tertiary alicyclic amines) is 1. The van der Waals surface area contributed by atoms with E-state index in [0.29, 0.717) is 17.4 Å². The van der Waals surface area contributed by atoms with Gasteiger partial charge in [-0.3, -0.25) is 5.10 Å². The van der Waals surface area contributed by atoms with Crippen molar-refractivity contribution in [3.05, 3.63) is 18.1 Å². The molecule has 0 spiro atoms. The van der Waals surface area contributed by atoms with Crippen molar-refractivity contribution in [1.82, 2.24) is 25.2 Å². The van der Waals surface area contributed by atoms with Gasteiger partial charge in [0, 0.05) is 12.7 Å². The van der Waals surface area contributed by atoms with Gasteiger partial charge in [-0.1, -0.05) is 11.6 Å². The molecule has 1 unspecified atom stereocenters. The van der Waals surface area contributed by atoms with Gasteiger partial charge in [0.1, 0.15) is 5.69 Å². The van der Waals surface area contributed by atoms with E-state index in [-0.39, 0.29) is 6.04 Å². The van der Waals surface area contributed by atoms with Crippen LogP contribution in [0.1, 0.15) is 31.1 Å². The summed E-state index contributed by atoms with van der Waals surface area (Å²) in [4.78, 5) is 6.68. The van der Waals surface area contributed by atoms with Gasteiger partial charge in [-0.2, -0.15) is 10.1 Å². The van der Waals surface area contributed by atoms with Crippen LogP contribution in [-0.2, 0) is 0 Å². The van der Waals surface area contributed by atoms with Crippen molar-refractivity contribution in [3.8, 4) is 11.6 Å². The Balaban J connectivity index is 1.65. The molecule has 7 heteroatoms. The predicted octanol–water partition coefficient (Wildman–Crippen LogP) is 0.945. The molecule has 2 aromatic rings. The molecule has 19 heavy (non-hydrogen) atoms. The van der Waals surface area contributed by atoms with Crippen molar-refractivity contribution >= 4 is 0 Å². The van der Waals surface area contributed by atoms with E-state index in [1.807, 2.05) is 0 Å². The summed E-state index contributed by atoms with van der Waals surface area (Å²) in [5.74, 6) is 0.983. The van der Waals surface area contributed by atoms with E-state index in [0.717, 1.165) is 19.6 Å². The second-order valence-electron chi connectivity index (χ2n) is 4.90. The van der Waals surface area contributed by atoms with Crippen molar-refractivity contribution < 1.29 is 4.52 Å². The highest BCUT2D eigenvalue weighted by Gasteiger charge is 2.20. The highest BCUT2D eigenvalue weighted by molar-refractivity contribution is 5.44. The summed E-state index contributed by atoms with van der Waals surface area (Å²) in [6, 6.07) is 1.58. The molecule has 1 atom stereocenters. The largest absolute Gasteiger partial charge is 0.332 e. The van der Waals surface area contributed by atoms with E-state index in [1.165, 1.54) is 19.3 Å². The van der Waals surface area contributed by atoms with Crippen LogP contribution in [0, 0.1) is 0 Å². The van der Waals surface area contributed by atoms with Gasteiger partial charge in [0.05, 0.1) is 6.04 Å². The van der Waals surface area contributed by atoms with Gasteiger partial charge in [-0.25, -0.2) is 0 Å². The first-order valence-corrected chi connectivity index (χ1v) is 6.64. The van der Waals surface area contributed by atoms with Crippen LogP contribution in [0.2, 0.25) is 0 Å². The summed E-state index contributed by atoms with van der Waals surface area (Å²) in [5.41, 5.74) is 6.85. The fourth-order valence-corrected chi connectivity index (χ4v) is 2.37. The van der Waals surface area contributed by atoms with Crippen molar-refractivity contribution in [3.63, 3.8) is 0 Å². The molecular formula is C12H18N6O. The Morgan fingerprint density at radius 1 is 1.37 bits per heavy atom. The minimum Gasteiger partial charge on any atom is -0.332 e. The van der Waals surface area contributed by atoms with Gasteiger partial charge in [-0.05, 0) is 32.0 Å². The fraction of sp³-hybridized carbons (Fsp3) is 0.583. The third kappa shape index (κ3) is 2.82. The number of hydrogen-bond acceptors (Lipinski definition) is 6. The monoisotopic (exact) mass is 262 g/mol. The zero-order valence-corrected chi connectivity index (χ0v) is 10.7. The second-order valence-corrected chi connectivity index (χ2v) is 4.90. The van der Waals surface area contributed by atoms with E-state index in [1.54, 1.807) is 12.3 Å². The van der Waals surface area contributed by atoms with E-state index in [4.69, 9.17) is 10.3 Å². The van der Waals surface area contributed by atoms with Crippen molar-refractivity contribution in [2.24, 2.45) is 5.73 Å². The van der Waals surface area contributed by atoms with Crippen LogP contribution < -0.4 is 5.73 Å². The van der Waals surface area contributed by atoms with E-state index >= 15 is 0 Å². The SMILES string of the molecule is NC(CN1CCCCC1)c1noc(-c2ccn[nH]2)n1. The van der Waals surface area contributed by atoms with Gasteiger partial charge < -0.3 is 15.2 Å². The third-order valence-electron chi connectivity index (χ3n) is 3.41. The zero-order valence-electron chi connectivity index (χ0n) is 10.7. The van der Waals surface area contributed by atoms with Gasteiger partial charge in [0.15, 0.2) is 5.82 Å². The molecule has 3 N–H and O–H groups in total. The highest BCUT2D eigenvalue weighted by atomic mass is 16.5. The molecule has 1 aliphatic heterocycles. The lowest BCUT2D eigenvalue weighted by Crippen LogP contribution is -2.36. The minimum atomic E-state index is -0.210. The smallest absolute Gasteiger partial charge is 0.275 e. The second kappa shape index (κ2) is 5.50. The molecule has 7 nitrogen and oxygen atoms in total. The molecule has 1 fully saturated rings. The average Bonchev–Trinajstić information content (AvgIpc) is 3.11. The van der Waals surface area contributed by atoms with Crippen LogP contribution in [0.4, 0.5) is 0 Å². The fourth-order valence-electron chi connectivity index (χ4n) is 2.37. The normalized spacial score (nSPS) is 18.6. The Hall–Kier alpha value is -1.73. The number of aromatic amines is 1. The molecule has 0 bridgehead atoms. The lowest BCUT2D eigenvalue weighted by atomic mass is 10.1. The summed E-state index contributed by atoms with van der Waals surface area (Å²) >= 11 is 0. The molecule has 0 radical (unpaired) electrons. The zero-order chi connectivity index (χ0) is 13.1. The summed E-state index contributed by atoms with van der Waals surface area (Å²) < 4.78 is 5.19. The quantitative estimate of drug-likeness (QED) is 0.851. The third-order valence-corrected chi connectivity index (χ3v) is 3.41. The van der Waals surface area contributed by atoms with E-state index in [2.05, 4.69) is 25.2 Å². The lowest BCUT2D eigenvalue weighted by molar-refractivity contribution is 0.213. The summed E-state index contributed by atoms with van der Waals surface area (Å²) in [6.45, 7) is 3.00. The Labute approximate surface area is 111 Å². The summed E-state index contributed by atoms with van der Waals surface area (Å²) in [7, 11) is 0. The molecular weight excluding hydrogens is 244 g/mol. The number of nitrogens with zero attached hydrogens (tertiary/aromatic N) is 4. The first kappa shape index (κ1) is 12.3. The maximum atomic E-state index is 6.14. The Bertz CT molecular complexity index is 502. The highest BCUT2D eigenvalue weighted by Crippen LogP contribution is 2.17. The maximum Gasteiger partial charge on any atom is 0.275 e. The molecule has 0 aromatic carbocycles. The number of aromatic nitrogens is 4. The minimum absolute atomic E-state index is 0.210. The average molecular weight is 262 g/mol. The van der Waals surface area contributed by atoms with Crippen LogP contribution in [0.25, 0.3) is 11.6 Å². The Morgan fingerprint density at radius 2 is 2.21 bits per heavy atom. The van der Waals surface area contributed by atoms with Crippen molar-refractivity contribution in [2.45, 2.75) is 25.3 Å². The first-order chi connectivity index (χ1) is 9.33. The molecule has 0 saturated carbocycles. The summed E-state index contributed by atoms with van der Waals surface area (Å²) in [5, 5.41) is 10.6. The molecule has 1 saturated heterocycles. The van der Waals surface area contributed by atoms with Gasteiger partial charge in [0.25, 0.3) is 5.89 Å². The summed E-state index contributed by atoms with van der Waals surface area (Å²) in [6.07, 6.45) is 5.46. The first-order valence-electron chi connectivity index (χ1n) is 6.64. The Kier molecular flexibility index (Phi) is 3.56. The van der Waals surface area contributed by atoms with Crippen molar-refractivity contribution in [1.29, 1.82) is 0 Å². The van der Waals surface area contributed by atoms with Gasteiger partial charge >= 0.3 is 0 Å². The standard InChI is InChI=1S/C12H18N6O/c13-9(8-18-6-2-1-3-7-18)11-15-12(19-17-11)10-4-5-14-16-10/h4-5,9H,1-3,6-8,13H2,(H,14,16). The molecule has 3 heterocycles. The van der Waals surface area contributed by atoms with E-state index in [9.17, 15) is 0 Å². The lowest BCUT2D eigenvalue weighted by Gasteiger charge is -2.27. The number of hydrogen-bond donors (Lipinski definition) is 2.